The smallest absolute Gasteiger partial charge is 0.410 e. The lowest BCUT2D eigenvalue weighted by Gasteiger charge is -2.42. The highest BCUT2D eigenvalue weighted by atomic mass is 32.2. The number of nitrogens with zero attached hydrogens (tertiary/aromatic N) is 2. The number of hydrogen-bond donors (Lipinski definition) is 1. The number of amides is 1. The molecular weight excluding hydrogens is 378 g/mol. The van der Waals surface area contributed by atoms with E-state index in [0.717, 1.165) is 5.56 Å². The minimum absolute atomic E-state index is 0.239. The maximum absolute atomic E-state index is 12.8. The molecular formula is C20H31N3O4S. The van der Waals surface area contributed by atoms with Crippen molar-refractivity contribution in [3.8, 4) is 5.88 Å². The van der Waals surface area contributed by atoms with Crippen LogP contribution in [0, 0.1) is 0 Å². The van der Waals surface area contributed by atoms with Gasteiger partial charge in [-0.05, 0) is 47.6 Å². The number of aromatic nitrogens is 1. The zero-order valence-electron chi connectivity index (χ0n) is 17.6. The fraction of sp³-hybridized carbons (Fsp3) is 0.700. The molecule has 1 aromatic heterocycles. The van der Waals surface area contributed by atoms with Gasteiger partial charge in [0.2, 0.25) is 5.88 Å². The Balaban J connectivity index is 1.79. The van der Waals surface area contributed by atoms with Gasteiger partial charge in [0.25, 0.3) is 0 Å². The molecule has 0 bridgehead atoms. The van der Waals surface area contributed by atoms with Gasteiger partial charge < -0.3 is 14.4 Å². The van der Waals surface area contributed by atoms with Crippen LogP contribution in [0.15, 0.2) is 18.3 Å². The van der Waals surface area contributed by atoms with Gasteiger partial charge in [-0.15, -0.1) is 0 Å². The van der Waals surface area contributed by atoms with Crippen molar-refractivity contribution < 1.29 is 18.5 Å². The molecule has 1 aromatic rings. The molecule has 0 radical (unpaired) electrons. The number of likely N-dealkylation sites (tertiary alicyclic amines) is 1. The molecule has 2 aliphatic rings. The molecule has 1 saturated heterocycles. The lowest BCUT2D eigenvalue weighted by Crippen LogP contribution is -2.55. The summed E-state index contributed by atoms with van der Waals surface area (Å²) in [7, 11) is -1.26. The summed E-state index contributed by atoms with van der Waals surface area (Å²) in [6.45, 7) is 12.4. The van der Waals surface area contributed by atoms with Crippen molar-refractivity contribution in [1.29, 1.82) is 0 Å². The molecule has 1 amide bonds. The third-order valence-electron chi connectivity index (χ3n) is 4.98. The summed E-state index contributed by atoms with van der Waals surface area (Å²) in [5, 5.41) is 0. The molecule has 0 unspecified atom stereocenters. The summed E-state index contributed by atoms with van der Waals surface area (Å²) in [5.41, 5.74) is -0.175. The number of carbonyl (C=O) groups excluding carboxylic acids is 1. The zero-order valence-corrected chi connectivity index (χ0v) is 18.4. The molecule has 0 aromatic carbocycles. The number of piperidine rings is 1. The fourth-order valence-corrected chi connectivity index (χ4v) is 4.39. The number of rotatable bonds is 2. The van der Waals surface area contributed by atoms with Gasteiger partial charge in [0.05, 0.1) is 21.8 Å². The molecule has 3 rings (SSSR count). The Kier molecular flexibility index (Phi) is 5.49. The first-order valence-corrected chi connectivity index (χ1v) is 10.9. The maximum atomic E-state index is 12.8. The number of fused-ring (bicyclic) bond motifs is 1. The van der Waals surface area contributed by atoms with Crippen molar-refractivity contribution >= 4 is 17.1 Å². The second kappa shape index (κ2) is 7.30. The Bertz CT molecular complexity index is 761. The van der Waals surface area contributed by atoms with Crippen LogP contribution in [0.2, 0.25) is 0 Å². The van der Waals surface area contributed by atoms with Crippen LogP contribution >= 0.6 is 0 Å². The van der Waals surface area contributed by atoms with E-state index in [1.54, 1.807) is 11.1 Å². The van der Waals surface area contributed by atoms with Crippen LogP contribution in [0.1, 0.15) is 66.0 Å². The first-order chi connectivity index (χ1) is 12.9. The van der Waals surface area contributed by atoms with Crippen molar-refractivity contribution in [3.05, 3.63) is 23.9 Å². The van der Waals surface area contributed by atoms with Crippen molar-refractivity contribution in [1.82, 2.24) is 14.6 Å². The second-order valence-corrected chi connectivity index (χ2v) is 11.5. The van der Waals surface area contributed by atoms with Crippen LogP contribution in [0.4, 0.5) is 4.79 Å². The topological polar surface area (TPSA) is 80.8 Å². The zero-order chi connectivity index (χ0) is 20.7. The van der Waals surface area contributed by atoms with Crippen LogP contribution in [-0.2, 0) is 15.7 Å². The molecule has 8 heteroatoms. The second-order valence-electron chi connectivity index (χ2n) is 9.46. The third-order valence-corrected chi connectivity index (χ3v) is 6.54. The summed E-state index contributed by atoms with van der Waals surface area (Å²) >= 11 is 0. The number of hydrogen-bond acceptors (Lipinski definition) is 5. The Morgan fingerprint density at radius 1 is 1.29 bits per heavy atom. The summed E-state index contributed by atoms with van der Waals surface area (Å²) < 4.78 is 27.5. The molecule has 3 heterocycles. The molecule has 1 spiro atoms. The lowest BCUT2D eigenvalue weighted by molar-refractivity contribution is -0.0215. The molecule has 2 atom stereocenters. The Morgan fingerprint density at radius 3 is 2.50 bits per heavy atom. The molecule has 1 fully saturated rings. The summed E-state index contributed by atoms with van der Waals surface area (Å²) in [6.07, 6.45) is 2.62. The van der Waals surface area contributed by atoms with E-state index in [1.165, 1.54) is 0 Å². The van der Waals surface area contributed by atoms with Gasteiger partial charge in [0, 0.05) is 37.7 Å². The SMILES string of the molecule is CC(C)(C)OC(=O)N1CCC2(CC1)Oc1ncccc1[C@H]2N[S@@](=O)C(C)(C)C. The average Bonchev–Trinajstić information content (AvgIpc) is 2.86. The van der Waals surface area contributed by atoms with E-state index in [0.29, 0.717) is 31.8 Å². The summed E-state index contributed by atoms with van der Waals surface area (Å²) in [4.78, 5) is 18.5. The molecule has 0 saturated carbocycles. The average molecular weight is 410 g/mol. The van der Waals surface area contributed by atoms with Gasteiger partial charge in [0.15, 0.2) is 0 Å². The first kappa shape index (κ1) is 21.0. The van der Waals surface area contributed by atoms with E-state index in [1.807, 2.05) is 53.7 Å². The number of carbonyl (C=O) groups is 1. The van der Waals surface area contributed by atoms with E-state index >= 15 is 0 Å². The molecule has 2 aliphatic heterocycles. The van der Waals surface area contributed by atoms with Crippen molar-refractivity contribution in [3.63, 3.8) is 0 Å². The molecule has 0 aliphatic carbocycles. The van der Waals surface area contributed by atoms with Gasteiger partial charge in [0.1, 0.15) is 11.2 Å². The largest absolute Gasteiger partial charge is 0.469 e. The Labute approximate surface area is 169 Å². The lowest BCUT2D eigenvalue weighted by atomic mass is 9.83. The molecule has 28 heavy (non-hydrogen) atoms. The predicted octanol–water partition coefficient (Wildman–Crippen LogP) is 3.34. The highest BCUT2D eigenvalue weighted by Gasteiger charge is 2.52. The van der Waals surface area contributed by atoms with Crippen LogP contribution in [0.25, 0.3) is 0 Å². The van der Waals surface area contributed by atoms with E-state index in [9.17, 15) is 9.00 Å². The minimum atomic E-state index is -1.26. The number of pyridine rings is 1. The van der Waals surface area contributed by atoms with E-state index in [2.05, 4.69) is 9.71 Å². The third kappa shape index (κ3) is 4.33. The molecule has 7 nitrogen and oxygen atoms in total. The summed E-state index contributed by atoms with van der Waals surface area (Å²) in [5.74, 6) is 0.580. The predicted molar refractivity (Wildman–Crippen MR) is 108 cm³/mol. The highest BCUT2D eigenvalue weighted by molar-refractivity contribution is 7.84. The summed E-state index contributed by atoms with van der Waals surface area (Å²) in [6, 6.07) is 3.60. The van der Waals surface area contributed by atoms with E-state index in [4.69, 9.17) is 9.47 Å². The van der Waals surface area contributed by atoms with Crippen LogP contribution < -0.4 is 9.46 Å². The molecule has 156 valence electrons. The number of ether oxygens (including phenoxy) is 2. The van der Waals surface area contributed by atoms with Gasteiger partial charge >= 0.3 is 6.09 Å². The van der Waals surface area contributed by atoms with Crippen molar-refractivity contribution in [2.45, 2.75) is 76.4 Å². The highest BCUT2D eigenvalue weighted by Crippen LogP contribution is 2.47. The molecule has 1 N–H and O–H groups in total. The maximum Gasteiger partial charge on any atom is 0.410 e. The fourth-order valence-electron chi connectivity index (χ4n) is 3.48. The van der Waals surface area contributed by atoms with Crippen LogP contribution in [-0.4, -0.2) is 49.2 Å². The van der Waals surface area contributed by atoms with Crippen molar-refractivity contribution in [2.75, 3.05) is 13.1 Å². The normalized spacial score (nSPS) is 22.5. The first-order valence-electron chi connectivity index (χ1n) is 9.71. The minimum Gasteiger partial charge on any atom is -0.469 e. The van der Waals surface area contributed by atoms with Crippen LogP contribution in [0.5, 0.6) is 5.88 Å². The monoisotopic (exact) mass is 409 g/mol. The van der Waals surface area contributed by atoms with Gasteiger partial charge in [-0.1, -0.05) is 6.07 Å². The van der Waals surface area contributed by atoms with Gasteiger partial charge in [-0.2, -0.15) is 0 Å². The van der Waals surface area contributed by atoms with Gasteiger partial charge in [-0.25, -0.2) is 18.7 Å². The number of nitrogens with one attached hydrogen (secondary N) is 1. The standard InChI is InChI=1S/C20H31N3O4S/c1-18(2,3)27-17(24)23-12-9-20(10-13-23)15(22-28(25)19(4,5)6)14-8-7-11-21-16(14)26-20/h7-8,11,15,22H,9-10,12-13H2,1-6H3/t15-,28+/m1/s1. The van der Waals surface area contributed by atoms with Crippen LogP contribution in [0.3, 0.4) is 0 Å². The quantitative estimate of drug-likeness (QED) is 0.810. The van der Waals surface area contributed by atoms with E-state index < -0.39 is 26.9 Å². The Morgan fingerprint density at radius 2 is 1.93 bits per heavy atom. The van der Waals surface area contributed by atoms with Crippen molar-refractivity contribution in [2.24, 2.45) is 0 Å². The van der Waals surface area contributed by atoms with Gasteiger partial charge in [-0.3, -0.25) is 0 Å². The Hall–Kier alpha value is -1.67. The van der Waals surface area contributed by atoms with E-state index in [-0.39, 0.29) is 12.1 Å².